The zero-order chi connectivity index (χ0) is 14.3. The van der Waals surface area contributed by atoms with Crippen molar-refractivity contribution in [2.24, 2.45) is 5.92 Å². The SMILES string of the molecule is COCC(=O)N(CC(=O)Nc1nccs1)CC(C)C. The van der Waals surface area contributed by atoms with Crippen LogP contribution in [0.5, 0.6) is 0 Å². The fraction of sp³-hybridized carbons (Fsp3) is 0.583. The van der Waals surface area contributed by atoms with Gasteiger partial charge in [-0.3, -0.25) is 9.59 Å². The van der Waals surface area contributed by atoms with E-state index in [-0.39, 0.29) is 30.9 Å². The van der Waals surface area contributed by atoms with Gasteiger partial charge in [0.15, 0.2) is 5.13 Å². The zero-order valence-electron chi connectivity index (χ0n) is 11.4. The number of methoxy groups -OCH3 is 1. The average molecular weight is 285 g/mol. The van der Waals surface area contributed by atoms with Crippen molar-refractivity contribution in [3.05, 3.63) is 11.6 Å². The third-order valence-electron chi connectivity index (χ3n) is 2.22. The van der Waals surface area contributed by atoms with Crippen molar-refractivity contribution in [2.45, 2.75) is 13.8 Å². The van der Waals surface area contributed by atoms with Crippen LogP contribution in [0.25, 0.3) is 0 Å². The molecule has 0 radical (unpaired) electrons. The van der Waals surface area contributed by atoms with Crippen LogP contribution in [0.4, 0.5) is 5.13 Å². The molecular weight excluding hydrogens is 266 g/mol. The molecule has 1 heterocycles. The van der Waals surface area contributed by atoms with Gasteiger partial charge in [-0.1, -0.05) is 13.8 Å². The minimum atomic E-state index is -0.250. The van der Waals surface area contributed by atoms with Gasteiger partial charge in [0.05, 0.1) is 0 Å². The van der Waals surface area contributed by atoms with Gasteiger partial charge in [0.2, 0.25) is 11.8 Å². The molecule has 7 heteroatoms. The quantitative estimate of drug-likeness (QED) is 0.817. The van der Waals surface area contributed by atoms with Crippen LogP contribution in [0, 0.1) is 5.92 Å². The van der Waals surface area contributed by atoms with E-state index in [9.17, 15) is 9.59 Å². The average Bonchev–Trinajstić information content (AvgIpc) is 2.80. The number of carbonyl (C=O) groups is 2. The van der Waals surface area contributed by atoms with E-state index in [1.54, 1.807) is 11.6 Å². The molecule has 1 rings (SSSR count). The Morgan fingerprint density at radius 3 is 2.79 bits per heavy atom. The van der Waals surface area contributed by atoms with Crippen molar-refractivity contribution in [1.29, 1.82) is 0 Å². The Hall–Kier alpha value is -1.47. The van der Waals surface area contributed by atoms with Gasteiger partial charge in [-0.25, -0.2) is 4.98 Å². The molecule has 19 heavy (non-hydrogen) atoms. The normalized spacial score (nSPS) is 10.5. The van der Waals surface area contributed by atoms with Crippen molar-refractivity contribution >= 4 is 28.3 Å². The topological polar surface area (TPSA) is 71.5 Å². The lowest BCUT2D eigenvalue weighted by atomic mass is 10.2. The van der Waals surface area contributed by atoms with Gasteiger partial charge in [0.1, 0.15) is 13.2 Å². The summed E-state index contributed by atoms with van der Waals surface area (Å²) in [7, 11) is 1.46. The minimum absolute atomic E-state index is 0.0138. The maximum Gasteiger partial charge on any atom is 0.249 e. The second kappa shape index (κ2) is 7.85. The van der Waals surface area contributed by atoms with E-state index >= 15 is 0 Å². The zero-order valence-corrected chi connectivity index (χ0v) is 12.2. The van der Waals surface area contributed by atoms with E-state index in [0.717, 1.165) is 0 Å². The van der Waals surface area contributed by atoms with Crippen molar-refractivity contribution in [3.8, 4) is 0 Å². The van der Waals surface area contributed by atoms with E-state index < -0.39 is 0 Å². The van der Waals surface area contributed by atoms with Crippen LogP contribution in [-0.2, 0) is 14.3 Å². The number of hydrogen-bond acceptors (Lipinski definition) is 5. The lowest BCUT2D eigenvalue weighted by molar-refractivity contribution is -0.138. The largest absolute Gasteiger partial charge is 0.375 e. The highest BCUT2D eigenvalue weighted by Crippen LogP contribution is 2.10. The standard InChI is InChI=1S/C12H19N3O3S/c1-9(2)6-15(11(17)8-18-3)7-10(16)14-12-13-4-5-19-12/h4-5,9H,6-8H2,1-3H3,(H,13,14,16). The molecular formula is C12H19N3O3S. The van der Waals surface area contributed by atoms with Crippen LogP contribution in [0.2, 0.25) is 0 Å². The molecule has 6 nitrogen and oxygen atoms in total. The number of nitrogens with one attached hydrogen (secondary N) is 1. The predicted octanol–water partition coefficient (Wildman–Crippen LogP) is 1.21. The first-order valence-corrected chi connectivity index (χ1v) is 6.87. The van der Waals surface area contributed by atoms with Crippen LogP contribution in [0.1, 0.15) is 13.8 Å². The summed E-state index contributed by atoms with van der Waals surface area (Å²) in [5.41, 5.74) is 0. The molecule has 0 aliphatic carbocycles. The summed E-state index contributed by atoms with van der Waals surface area (Å²) in [6.07, 6.45) is 1.61. The first-order valence-electron chi connectivity index (χ1n) is 5.99. The molecule has 0 bridgehead atoms. The Kier molecular flexibility index (Phi) is 6.44. The number of nitrogens with zero attached hydrogens (tertiary/aromatic N) is 2. The van der Waals surface area contributed by atoms with Gasteiger partial charge in [-0.05, 0) is 5.92 Å². The summed E-state index contributed by atoms with van der Waals surface area (Å²) < 4.78 is 4.82. The molecule has 0 aliphatic heterocycles. The lowest BCUT2D eigenvalue weighted by Gasteiger charge is -2.23. The van der Waals surface area contributed by atoms with E-state index in [1.807, 2.05) is 13.8 Å². The number of amides is 2. The number of anilines is 1. The van der Waals surface area contributed by atoms with Crippen LogP contribution in [0.3, 0.4) is 0 Å². The fourth-order valence-electron chi connectivity index (χ4n) is 1.53. The molecule has 0 aromatic carbocycles. The number of thiazole rings is 1. The van der Waals surface area contributed by atoms with E-state index in [0.29, 0.717) is 11.7 Å². The lowest BCUT2D eigenvalue weighted by Crippen LogP contribution is -2.41. The number of carbonyl (C=O) groups excluding carboxylic acids is 2. The molecule has 1 aromatic rings. The summed E-state index contributed by atoms with van der Waals surface area (Å²) in [5.74, 6) is -0.154. The minimum Gasteiger partial charge on any atom is -0.375 e. The molecule has 0 saturated heterocycles. The maximum absolute atomic E-state index is 11.8. The van der Waals surface area contributed by atoms with E-state index in [2.05, 4.69) is 10.3 Å². The number of rotatable bonds is 7. The van der Waals surface area contributed by atoms with Crippen LogP contribution >= 0.6 is 11.3 Å². The van der Waals surface area contributed by atoms with E-state index in [1.165, 1.54) is 23.3 Å². The summed E-state index contributed by atoms with van der Waals surface area (Å²) in [4.78, 5) is 29.1. The molecule has 0 unspecified atom stereocenters. The van der Waals surface area contributed by atoms with Crippen molar-refractivity contribution in [2.75, 3.05) is 32.1 Å². The van der Waals surface area contributed by atoms with Crippen molar-refractivity contribution in [3.63, 3.8) is 0 Å². The molecule has 1 aromatic heterocycles. The van der Waals surface area contributed by atoms with Gasteiger partial charge >= 0.3 is 0 Å². The van der Waals surface area contributed by atoms with Crippen molar-refractivity contribution in [1.82, 2.24) is 9.88 Å². The van der Waals surface area contributed by atoms with Gasteiger partial charge in [0.25, 0.3) is 0 Å². The highest BCUT2D eigenvalue weighted by molar-refractivity contribution is 7.13. The first-order chi connectivity index (χ1) is 9.02. The number of hydrogen-bond donors (Lipinski definition) is 1. The molecule has 1 N–H and O–H groups in total. The summed E-state index contributed by atoms with van der Waals surface area (Å²) in [5, 5.41) is 4.97. The van der Waals surface area contributed by atoms with Crippen LogP contribution < -0.4 is 5.32 Å². The molecule has 0 saturated carbocycles. The Morgan fingerprint density at radius 2 is 2.26 bits per heavy atom. The van der Waals surface area contributed by atoms with Gasteiger partial charge in [-0.15, -0.1) is 11.3 Å². The highest BCUT2D eigenvalue weighted by atomic mass is 32.1. The molecule has 0 aliphatic rings. The third-order valence-corrected chi connectivity index (χ3v) is 2.91. The number of aromatic nitrogens is 1. The summed E-state index contributed by atoms with van der Waals surface area (Å²) >= 11 is 1.34. The van der Waals surface area contributed by atoms with Crippen LogP contribution in [-0.4, -0.2) is 48.5 Å². The first kappa shape index (κ1) is 15.6. The third kappa shape index (κ3) is 5.80. The van der Waals surface area contributed by atoms with Gasteiger partial charge < -0.3 is 15.0 Å². The Morgan fingerprint density at radius 1 is 1.53 bits per heavy atom. The molecule has 0 atom stereocenters. The highest BCUT2D eigenvalue weighted by Gasteiger charge is 2.18. The molecule has 0 spiro atoms. The van der Waals surface area contributed by atoms with E-state index in [4.69, 9.17) is 4.74 Å². The van der Waals surface area contributed by atoms with Crippen LogP contribution in [0.15, 0.2) is 11.6 Å². The Labute approximate surface area is 116 Å². The molecule has 106 valence electrons. The Bertz CT molecular complexity index is 406. The second-order valence-corrected chi connectivity index (χ2v) is 5.38. The Balaban J connectivity index is 2.55. The summed E-state index contributed by atoms with van der Waals surface area (Å²) in [6, 6.07) is 0. The number of ether oxygens (including phenoxy) is 1. The van der Waals surface area contributed by atoms with Gasteiger partial charge in [0, 0.05) is 25.2 Å². The maximum atomic E-state index is 11.8. The van der Waals surface area contributed by atoms with Gasteiger partial charge in [-0.2, -0.15) is 0 Å². The monoisotopic (exact) mass is 285 g/mol. The second-order valence-electron chi connectivity index (χ2n) is 4.49. The molecule has 0 fully saturated rings. The molecule has 2 amide bonds. The summed E-state index contributed by atoms with van der Waals surface area (Å²) in [6.45, 7) is 4.50. The smallest absolute Gasteiger partial charge is 0.249 e. The van der Waals surface area contributed by atoms with Crippen molar-refractivity contribution < 1.29 is 14.3 Å². The predicted molar refractivity (Wildman–Crippen MR) is 74.0 cm³/mol. The fourth-order valence-corrected chi connectivity index (χ4v) is 2.07.